The van der Waals surface area contributed by atoms with Gasteiger partial charge in [-0.2, -0.15) is 0 Å². The molecule has 0 aliphatic heterocycles. The first-order chi connectivity index (χ1) is 8.04. The lowest BCUT2D eigenvalue weighted by atomic mass is 10.2. The molecule has 0 N–H and O–H groups in total. The van der Waals surface area contributed by atoms with Crippen molar-refractivity contribution in [2.24, 2.45) is 0 Å². The second-order valence-electron chi connectivity index (χ2n) is 6.90. The molecule has 3 heteroatoms. The lowest BCUT2D eigenvalue weighted by molar-refractivity contribution is 0.112. The van der Waals surface area contributed by atoms with Gasteiger partial charge >= 0.3 is 0 Å². The monoisotopic (exact) mass is 265 g/mol. The molecule has 0 atom stereocenters. The van der Waals surface area contributed by atoms with Crippen LogP contribution in [0.3, 0.4) is 0 Å². The van der Waals surface area contributed by atoms with E-state index in [1.165, 1.54) is 0 Å². The van der Waals surface area contributed by atoms with Crippen LogP contribution in [0.5, 0.6) is 0 Å². The smallest absolute Gasteiger partial charge is 0.288 e. The summed E-state index contributed by atoms with van der Waals surface area (Å²) in [6, 6.07) is 6.99. The summed E-state index contributed by atoms with van der Waals surface area (Å²) in [5.74, 6) is 0. The average molecular weight is 265 g/mol. The Morgan fingerprint density at radius 2 is 1.33 bits per heavy atom. The number of hydrogen-bond acceptors (Lipinski definition) is 1. The van der Waals surface area contributed by atoms with Crippen molar-refractivity contribution in [1.82, 2.24) is 0 Å². The largest absolute Gasteiger partial charge is 0.307 e. The van der Waals surface area contributed by atoms with Crippen molar-refractivity contribution >= 4 is 19.9 Å². The maximum absolute atomic E-state index is 15.8. The molecule has 0 bridgehead atoms. The second kappa shape index (κ2) is 4.61. The summed E-state index contributed by atoms with van der Waals surface area (Å²) in [5.41, 5.74) is 0.595. The summed E-state index contributed by atoms with van der Waals surface area (Å²) >= 11 is 0. The van der Waals surface area contributed by atoms with Crippen LogP contribution in [0.4, 0.5) is 4.11 Å². The van der Waals surface area contributed by atoms with Gasteiger partial charge in [-0.05, 0) is 15.3 Å². The molecular formula is C15H23FOSi. The predicted octanol–water partition coefficient (Wildman–Crippen LogP) is 4.22. The van der Waals surface area contributed by atoms with E-state index in [9.17, 15) is 4.79 Å². The van der Waals surface area contributed by atoms with Crippen molar-refractivity contribution < 1.29 is 8.90 Å². The Morgan fingerprint density at radius 3 is 1.61 bits per heavy atom. The van der Waals surface area contributed by atoms with Crippen LogP contribution < -0.4 is 5.19 Å². The number of halogens is 1. The van der Waals surface area contributed by atoms with Crippen molar-refractivity contribution in [3.05, 3.63) is 29.8 Å². The highest BCUT2D eigenvalue weighted by atomic mass is 28.4. The van der Waals surface area contributed by atoms with Crippen LogP contribution in [0.15, 0.2) is 24.3 Å². The Balaban J connectivity index is 3.40. The van der Waals surface area contributed by atoms with Gasteiger partial charge in [-0.25, -0.2) is 0 Å². The van der Waals surface area contributed by atoms with Crippen molar-refractivity contribution in [2.45, 2.75) is 51.6 Å². The van der Waals surface area contributed by atoms with Crippen molar-refractivity contribution in [2.75, 3.05) is 0 Å². The molecule has 0 amide bonds. The van der Waals surface area contributed by atoms with E-state index >= 15 is 4.11 Å². The molecule has 0 spiro atoms. The quantitative estimate of drug-likeness (QED) is 0.444. The van der Waals surface area contributed by atoms with E-state index in [4.69, 9.17) is 0 Å². The first-order valence-electron chi connectivity index (χ1n) is 6.28. The minimum Gasteiger partial charge on any atom is -0.307 e. The van der Waals surface area contributed by atoms with E-state index in [0.29, 0.717) is 5.56 Å². The van der Waals surface area contributed by atoms with Gasteiger partial charge in [0.25, 0.3) is 8.41 Å². The summed E-state index contributed by atoms with van der Waals surface area (Å²) in [4.78, 5) is 10.7. The van der Waals surface area contributed by atoms with Crippen molar-refractivity contribution in [1.29, 1.82) is 0 Å². The molecule has 0 unspecified atom stereocenters. The zero-order valence-electron chi connectivity index (χ0n) is 12.2. The fraction of sp³-hybridized carbons (Fsp3) is 0.533. The van der Waals surface area contributed by atoms with E-state index in [2.05, 4.69) is 0 Å². The molecule has 100 valence electrons. The highest BCUT2D eigenvalue weighted by Crippen LogP contribution is 2.51. The van der Waals surface area contributed by atoms with Gasteiger partial charge in [0, 0.05) is 5.56 Å². The molecule has 0 radical (unpaired) electrons. The van der Waals surface area contributed by atoms with E-state index in [1.54, 1.807) is 24.3 Å². The van der Waals surface area contributed by atoms with Gasteiger partial charge in [-0.15, -0.1) is 0 Å². The normalized spacial score (nSPS) is 13.5. The minimum atomic E-state index is -3.18. The van der Waals surface area contributed by atoms with E-state index < -0.39 is 8.41 Å². The fourth-order valence-corrected chi connectivity index (χ4v) is 7.39. The zero-order valence-corrected chi connectivity index (χ0v) is 13.2. The second-order valence-corrected chi connectivity index (χ2v) is 11.8. The van der Waals surface area contributed by atoms with E-state index in [1.807, 2.05) is 41.5 Å². The highest BCUT2D eigenvalue weighted by Gasteiger charge is 2.56. The van der Waals surface area contributed by atoms with Gasteiger partial charge < -0.3 is 4.11 Å². The molecule has 0 saturated carbocycles. The third kappa shape index (κ3) is 2.41. The predicted molar refractivity (Wildman–Crippen MR) is 77.8 cm³/mol. The third-order valence-corrected chi connectivity index (χ3v) is 8.77. The topological polar surface area (TPSA) is 17.1 Å². The van der Waals surface area contributed by atoms with Crippen LogP contribution in [-0.4, -0.2) is 14.7 Å². The molecule has 0 fully saturated rings. The number of carbonyl (C=O) groups excluding carboxylic acids is 1. The molecule has 0 saturated heterocycles. The van der Waals surface area contributed by atoms with Gasteiger partial charge in [0.05, 0.1) is 0 Å². The molecule has 1 rings (SSSR count). The molecule has 1 nitrogen and oxygen atoms in total. The first kappa shape index (κ1) is 15.1. The lowest BCUT2D eigenvalue weighted by Crippen LogP contribution is -2.57. The molecule has 0 aromatic heterocycles. The summed E-state index contributed by atoms with van der Waals surface area (Å²) < 4.78 is 15.8. The average Bonchev–Trinajstić information content (AvgIpc) is 2.25. The number of hydrogen-bond donors (Lipinski definition) is 0. The molecule has 0 aliphatic carbocycles. The Morgan fingerprint density at radius 1 is 0.944 bits per heavy atom. The number of aldehydes is 1. The van der Waals surface area contributed by atoms with Gasteiger partial charge in [0.1, 0.15) is 6.29 Å². The maximum Gasteiger partial charge on any atom is 0.288 e. The molecule has 18 heavy (non-hydrogen) atoms. The summed E-state index contributed by atoms with van der Waals surface area (Å²) in [5, 5.41) is 0.00938. The Hall–Kier alpha value is -0.963. The van der Waals surface area contributed by atoms with Gasteiger partial charge in [0.15, 0.2) is 0 Å². The molecule has 1 aromatic rings. The first-order valence-corrected chi connectivity index (χ1v) is 8.16. The van der Waals surface area contributed by atoms with Gasteiger partial charge in [0.2, 0.25) is 0 Å². The number of rotatable bonds is 2. The van der Waals surface area contributed by atoms with Gasteiger partial charge in [-0.3, -0.25) is 4.79 Å². The minimum absolute atomic E-state index is 0.381. The SMILES string of the molecule is CC(C)(C)[Si]([18F])(c1ccc(C=O)cc1)C(C)(C)C. The molecular weight excluding hydrogens is 242 g/mol. The van der Waals surface area contributed by atoms with E-state index in [-0.39, 0.29) is 10.1 Å². The Labute approximate surface area is 111 Å². The zero-order chi connectivity index (χ0) is 14.2. The summed E-state index contributed by atoms with van der Waals surface area (Å²) in [7, 11) is -3.18. The summed E-state index contributed by atoms with van der Waals surface area (Å²) in [6.45, 7) is 11.8. The van der Waals surface area contributed by atoms with Crippen LogP contribution in [-0.2, 0) is 0 Å². The highest BCUT2D eigenvalue weighted by molar-refractivity contribution is 6.90. The van der Waals surface area contributed by atoms with Crippen molar-refractivity contribution in [3.8, 4) is 0 Å². The standard InChI is InChI=1S/C15H23FOSi/c1-14(2,3)18(16,15(4,5)6)13-9-7-12(11-17)8-10-13/h7-11H,1-6H3/i16-1. The molecule has 0 heterocycles. The van der Waals surface area contributed by atoms with Crippen LogP contribution in [0, 0.1) is 0 Å². The van der Waals surface area contributed by atoms with Crippen molar-refractivity contribution in [3.63, 3.8) is 0 Å². The van der Waals surface area contributed by atoms with Crippen LogP contribution >= 0.6 is 0 Å². The van der Waals surface area contributed by atoms with E-state index in [0.717, 1.165) is 11.5 Å². The lowest BCUT2D eigenvalue weighted by Gasteiger charge is -2.44. The molecule has 1 aromatic carbocycles. The maximum atomic E-state index is 15.8. The molecule has 0 aliphatic rings. The van der Waals surface area contributed by atoms with Gasteiger partial charge in [-0.1, -0.05) is 65.8 Å². The number of carbonyl (C=O) groups is 1. The summed E-state index contributed by atoms with van der Waals surface area (Å²) in [6.07, 6.45) is 0.791. The number of benzene rings is 1. The fourth-order valence-electron chi connectivity index (χ4n) is 2.78. The van der Waals surface area contributed by atoms with Crippen LogP contribution in [0.2, 0.25) is 10.1 Å². The van der Waals surface area contributed by atoms with Crippen LogP contribution in [0.25, 0.3) is 0 Å². The third-order valence-electron chi connectivity index (χ3n) is 3.51. The Kier molecular flexibility index (Phi) is 3.87. The van der Waals surface area contributed by atoms with Crippen LogP contribution in [0.1, 0.15) is 51.9 Å². The Bertz CT molecular complexity index is 409.